The first kappa shape index (κ1) is 14.3. The fraction of sp³-hybridized carbons (Fsp3) is 0.400. The Hall–Kier alpha value is -1.79. The molecule has 0 spiro atoms. The van der Waals surface area contributed by atoms with Gasteiger partial charge in [-0.25, -0.2) is 0 Å². The van der Waals surface area contributed by atoms with E-state index >= 15 is 0 Å². The van der Waals surface area contributed by atoms with Crippen LogP contribution >= 0.6 is 0 Å². The Kier molecular flexibility index (Phi) is 5.41. The summed E-state index contributed by atoms with van der Waals surface area (Å²) in [6, 6.07) is 5.58. The van der Waals surface area contributed by atoms with Crippen LogP contribution in [-0.4, -0.2) is 11.9 Å². The predicted octanol–water partition coefficient (Wildman–Crippen LogP) is 1.99. The Bertz CT molecular complexity index is 460. The maximum atomic E-state index is 11.0. The molecular weight excluding hydrogens is 224 g/mol. The van der Waals surface area contributed by atoms with Crippen LogP contribution < -0.4 is 11.1 Å². The number of aryl methyl sites for hydroxylation is 1. The van der Waals surface area contributed by atoms with Gasteiger partial charge in [0.05, 0.1) is 6.04 Å². The summed E-state index contributed by atoms with van der Waals surface area (Å²) in [7, 11) is 0. The van der Waals surface area contributed by atoms with E-state index < -0.39 is 5.91 Å². The molecule has 3 N–H and O–H groups in total. The van der Waals surface area contributed by atoms with E-state index in [2.05, 4.69) is 18.2 Å². The van der Waals surface area contributed by atoms with Crippen LogP contribution in [0.5, 0.6) is 0 Å². The number of primary amides is 1. The molecule has 0 aliphatic heterocycles. The molecule has 18 heavy (non-hydrogen) atoms. The first-order valence-electron chi connectivity index (χ1n) is 6.17. The second kappa shape index (κ2) is 6.83. The third-order valence-electron chi connectivity index (χ3n) is 2.94. The van der Waals surface area contributed by atoms with Crippen molar-refractivity contribution in [3.05, 3.63) is 34.9 Å². The van der Waals surface area contributed by atoms with Crippen molar-refractivity contribution in [2.45, 2.75) is 39.3 Å². The molecule has 0 aliphatic rings. The molecule has 0 saturated heterocycles. The second-order valence-electron chi connectivity index (χ2n) is 4.39. The molecule has 0 aliphatic carbocycles. The van der Waals surface area contributed by atoms with E-state index in [0.717, 1.165) is 24.0 Å². The van der Waals surface area contributed by atoms with Gasteiger partial charge in [0, 0.05) is 12.1 Å². The Balaban J connectivity index is 2.68. The maximum absolute atomic E-state index is 11.0. The van der Waals surface area contributed by atoms with Crippen molar-refractivity contribution in [2.24, 2.45) is 5.73 Å². The molecule has 0 heterocycles. The summed E-state index contributed by atoms with van der Waals surface area (Å²) in [5.74, 6) is 2.34. The summed E-state index contributed by atoms with van der Waals surface area (Å²) in [6.07, 6.45) is 7.48. The van der Waals surface area contributed by atoms with Gasteiger partial charge in [0.15, 0.2) is 0 Å². The highest BCUT2D eigenvalue weighted by Gasteiger charge is 2.06. The first-order valence-corrected chi connectivity index (χ1v) is 6.17. The summed E-state index contributed by atoms with van der Waals surface area (Å²) in [5.41, 5.74) is 7.96. The molecule has 1 amide bonds. The van der Waals surface area contributed by atoms with Crippen LogP contribution in [0.3, 0.4) is 0 Å². The first-order chi connectivity index (χ1) is 8.58. The van der Waals surface area contributed by atoms with Crippen LogP contribution in [0.25, 0.3) is 0 Å². The molecule has 1 rings (SSSR count). The summed E-state index contributed by atoms with van der Waals surface area (Å²) in [5, 5.41) is 3.32. The van der Waals surface area contributed by atoms with E-state index in [1.807, 2.05) is 19.1 Å². The van der Waals surface area contributed by atoms with Gasteiger partial charge in [-0.05, 0) is 36.6 Å². The average Bonchev–Trinajstić information content (AvgIpc) is 2.35. The Labute approximate surface area is 109 Å². The van der Waals surface area contributed by atoms with Gasteiger partial charge in [0.1, 0.15) is 0 Å². The van der Waals surface area contributed by atoms with Gasteiger partial charge in [0.25, 0.3) is 0 Å². The molecule has 1 atom stereocenters. The third-order valence-corrected chi connectivity index (χ3v) is 2.94. The number of nitrogens with one attached hydrogen (secondary N) is 1. The van der Waals surface area contributed by atoms with Crippen molar-refractivity contribution >= 4 is 5.91 Å². The molecule has 0 fully saturated rings. The number of amides is 1. The van der Waals surface area contributed by atoms with Gasteiger partial charge in [0.2, 0.25) is 5.91 Å². The van der Waals surface area contributed by atoms with Crippen molar-refractivity contribution < 1.29 is 4.79 Å². The summed E-state index contributed by atoms with van der Waals surface area (Å²) >= 11 is 0. The molecule has 1 aromatic rings. The number of rotatable bonds is 6. The number of hydrogen-bond donors (Lipinski definition) is 2. The molecule has 96 valence electrons. The van der Waals surface area contributed by atoms with E-state index in [-0.39, 0.29) is 6.04 Å². The SMILES string of the molecule is C#CC(CCC)NCc1ccc(C(N)=O)cc1C. The summed E-state index contributed by atoms with van der Waals surface area (Å²) in [6.45, 7) is 4.78. The fourth-order valence-electron chi connectivity index (χ4n) is 1.81. The van der Waals surface area contributed by atoms with Crippen LogP contribution in [0.2, 0.25) is 0 Å². The second-order valence-corrected chi connectivity index (χ2v) is 4.39. The van der Waals surface area contributed by atoms with E-state index in [4.69, 9.17) is 12.2 Å². The monoisotopic (exact) mass is 244 g/mol. The molecule has 1 aromatic carbocycles. The lowest BCUT2D eigenvalue weighted by molar-refractivity contribution is 0.1000. The highest BCUT2D eigenvalue weighted by molar-refractivity contribution is 5.93. The van der Waals surface area contributed by atoms with Gasteiger partial charge in [-0.1, -0.05) is 25.3 Å². The van der Waals surface area contributed by atoms with Crippen LogP contribution in [0.1, 0.15) is 41.3 Å². The van der Waals surface area contributed by atoms with Crippen molar-refractivity contribution in [1.82, 2.24) is 5.32 Å². The minimum atomic E-state index is -0.398. The van der Waals surface area contributed by atoms with Crippen molar-refractivity contribution in [3.63, 3.8) is 0 Å². The minimum absolute atomic E-state index is 0.102. The molecule has 0 bridgehead atoms. The fourth-order valence-corrected chi connectivity index (χ4v) is 1.81. The molecular formula is C15H20N2O. The van der Waals surface area contributed by atoms with E-state index in [9.17, 15) is 4.79 Å². The molecule has 0 aromatic heterocycles. The lowest BCUT2D eigenvalue weighted by Crippen LogP contribution is -2.27. The van der Waals surface area contributed by atoms with Gasteiger partial charge >= 0.3 is 0 Å². The van der Waals surface area contributed by atoms with Crippen LogP contribution in [0, 0.1) is 19.3 Å². The highest BCUT2D eigenvalue weighted by atomic mass is 16.1. The summed E-state index contributed by atoms with van der Waals surface area (Å²) < 4.78 is 0. The largest absolute Gasteiger partial charge is 0.366 e. The third kappa shape index (κ3) is 3.90. The Morgan fingerprint density at radius 3 is 2.78 bits per heavy atom. The molecule has 3 heteroatoms. The Morgan fingerprint density at radius 1 is 1.56 bits per heavy atom. The highest BCUT2D eigenvalue weighted by Crippen LogP contribution is 2.11. The normalized spacial score (nSPS) is 11.8. The number of nitrogens with two attached hydrogens (primary N) is 1. The lowest BCUT2D eigenvalue weighted by Gasteiger charge is -2.13. The smallest absolute Gasteiger partial charge is 0.248 e. The number of carbonyl (C=O) groups excluding carboxylic acids is 1. The van der Waals surface area contributed by atoms with Gasteiger partial charge in [-0.3, -0.25) is 10.1 Å². The van der Waals surface area contributed by atoms with Gasteiger partial charge in [-0.15, -0.1) is 6.42 Å². The number of carbonyl (C=O) groups is 1. The predicted molar refractivity (Wildman–Crippen MR) is 74.1 cm³/mol. The quantitative estimate of drug-likeness (QED) is 0.752. The van der Waals surface area contributed by atoms with E-state index in [1.54, 1.807) is 6.07 Å². The van der Waals surface area contributed by atoms with Gasteiger partial charge in [-0.2, -0.15) is 0 Å². The van der Waals surface area contributed by atoms with E-state index in [0.29, 0.717) is 12.1 Å². The number of terminal acetylenes is 1. The van der Waals surface area contributed by atoms with E-state index in [1.165, 1.54) is 0 Å². The van der Waals surface area contributed by atoms with Crippen molar-refractivity contribution in [1.29, 1.82) is 0 Å². The van der Waals surface area contributed by atoms with Crippen molar-refractivity contribution in [2.75, 3.05) is 0 Å². The van der Waals surface area contributed by atoms with Gasteiger partial charge < -0.3 is 5.73 Å². The molecule has 0 radical (unpaired) electrons. The molecule has 1 unspecified atom stereocenters. The number of benzene rings is 1. The van der Waals surface area contributed by atoms with Crippen LogP contribution in [0.15, 0.2) is 18.2 Å². The van der Waals surface area contributed by atoms with Crippen molar-refractivity contribution in [3.8, 4) is 12.3 Å². The maximum Gasteiger partial charge on any atom is 0.248 e. The lowest BCUT2D eigenvalue weighted by atomic mass is 10.0. The summed E-state index contributed by atoms with van der Waals surface area (Å²) in [4.78, 5) is 11.0. The minimum Gasteiger partial charge on any atom is -0.366 e. The Morgan fingerprint density at radius 2 is 2.28 bits per heavy atom. The topological polar surface area (TPSA) is 55.1 Å². The average molecular weight is 244 g/mol. The zero-order chi connectivity index (χ0) is 13.5. The van der Waals surface area contributed by atoms with Crippen LogP contribution in [-0.2, 0) is 6.54 Å². The molecule has 3 nitrogen and oxygen atoms in total. The zero-order valence-electron chi connectivity index (χ0n) is 11.0. The number of hydrogen-bond acceptors (Lipinski definition) is 2. The van der Waals surface area contributed by atoms with Crippen LogP contribution in [0.4, 0.5) is 0 Å². The molecule has 0 saturated carbocycles. The zero-order valence-corrected chi connectivity index (χ0v) is 11.0. The standard InChI is InChI=1S/C15H20N2O/c1-4-6-14(5-2)17-10-13-8-7-12(15(16)18)9-11(13)3/h2,7-9,14,17H,4,6,10H2,1,3H3,(H2,16,18).